The van der Waals surface area contributed by atoms with E-state index in [-0.39, 0.29) is 18.1 Å². The Morgan fingerprint density at radius 3 is 2.41 bits per heavy atom. The molecule has 0 unspecified atom stereocenters. The normalized spacial score (nSPS) is 10.9. The summed E-state index contributed by atoms with van der Waals surface area (Å²) < 4.78 is 6.46. The maximum absolute atomic E-state index is 12.8. The van der Waals surface area contributed by atoms with E-state index in [1.165, 1.54) is 6.08 Å². The fourth-order valence-corrected chi connectivity index (χ4v) is 3.63. The maximum atomic E-state index is 12.8. The molecule has 0 aliphatic rings. The number of hydrogen-bond acceptors (Lipinski definition) is 4. The molecule has 2 amide bonds. The van der Waals surface area contributed by atoms with Crippen molar-refractivity contribution < 1.29 is 14.3 Å². The number of ether oxygens (including phenoxy) is 1. The monoisotopic (exact) mass is 517 g/mol. The summed E-state index contributed by atoms with van der Waals surface area (Å²) >= 11 is 3.40. The van der Waals surface area contributed by atoms with Gasteiger partial charge in [-0.1, -0.05) is 51.8 Å². The average Bonchev–Trinajstić information content (AvgIpc) is 2.80. The summed E-state index contributed by atoms with van der Waals surface area (Å²) in [6.07, 6.45) is 1.44. The van der Waals surface area contributed by atoms with Crippen molar-refractivity contribution in [2.45, 2.75) is 20.8 Å². The Morgan fingerprint density at radius 1 is 0.971 bits per heavy atom. The van der Waals surface area contributed by atoms with E-state index in [1.54, 1.807) is 24.3 Å². The van der Waals surface area contributed by atoms with Gasteiger partial charge in [0.15, 0.2) is 6.61 Å². The van der Waals surface area contributed by atoms with Crippen LogP contribution in [-0.4, -0.2) is 18.4 Å². The summed E-state index contributed by atoms with van der Waals surface area (Å²) in [5, 5.41) is 15.2. The smallest absolute Gasteiger partial charge is 0.266 e. The molecule has 0 spiro atoms. The second-order valence-electron chi connectivity index (χ2n) is 7.78. The zero-order valence-electron chi connectivity index (χ0n) is 19.1. The average molecular weight is 518 g/mol. The lowest BCUT2D eigenvalue weighted by Gasteiger charge is -2.12. The third kappa shape index (κ3) is 6.56. The first-order valence-electron chi connectivity index (χ1n) is 10.5. The Morgan fingerprint density at radius 2 is 1.71 bits per heavy atom. The standard InChI is InChI=1S/C27H24BrN3O3/c1-17-8-10-24(19(3)12-17)31-27(33)21(15-29)13-20-14-22(28)9-11-25(20)34-16-26(32)30-23-7-5-4-6-18(23)2/h4-14H,16H2,1-3H3,(H,30,32)(H,31,33)/b21-13+. The molecule has 3 rings (SSSR count). The van der Waals surface area contributed by atoms with Gasteiger partial charge in [0.05, 0.1) is 0 Å². The van der Waals surface area contributed by atoms with Crippen LogP contribution in [-0.2, 0) is 9.59 Å². The number of hydrogen-bond donors (Lipinski definition) is 2. The van der Waals surface area contributed by atoms with Crippen molar-refractivity contribution in [1.29, 1.82) is 5.26 Å². The highest BCUT2D eigenvalue weighted by molar-refractivity contribution is 9.10. The van der Waals surface area contributed by atoms with E-state index >= 15 is 0 Å². The molecular weight excluding hydrogens is 494 g/mol. The highest BCUT2D eigenvalue weighted by Gasteiger charge is 2.14. The molecule has 0 bridgehead atoms. The van der Waals surface area contributed by atoms with Gasteiger partial charge in [-0.2, -0.15) is 5.26 Å². The number of carbonyl (C=O) groups excluding carboxylic acids is 2. The van der Waals surface area contributed by atoms with Crippen LogP contribution < -0.4 is 15.4 Å². The van der Waals surface area contributed by atoms with Crippen LogP contribution in [0.25, 0.3) is 6.08 Å². The van der Waals surface area contributed by atoms with Crippen molar-refractivity contribution in [2.24, 2.45) is 0 Å². The Balaban J connectivity index is 1.77. The fraction of sp³-hybridized carbons (Fsp3) is 0.148. The van der Waals surface area contributed by atoms with Crippen LogP contribution in [0.3, 0.4) is 0 Å². The van der Waals surface area contributed by atoms with Gasteiger partial charge in [0.25, 0.3) is 11.8 Å². The molecule has 6 nitrogen and oxygen atoms in total. The van der Waals surface area contributed by atoms with E-state index in [2.05, 4.69) is 26.6 Å². The van der Waals surface area contributed by atoms with Crippen molar-refractivity contribution in [1.82, 2.24) is 0 Å². The number of para-hydroxylation sites is 1. The van der Waals surface area contributed by atoms with E-state index in [9.17, 15) is 14.9 Å². The lowest BCUT2D eigenvalue weighted by Crippen LogP contribution is -2.21. The van der Waals surface area contributed by atoms with Gasteiger partial charge in [0.2, 0.25) is 0 Å². The summed E-state index contributed by atoms with van der Waals surface area (Å²) in [6, 6.07) is 20.2. The molecule has 34 heavy (non-hydrogen) atoms. The number of aryl methyl sites for hydroxylation is 3. The Kier molecular flexibility index (Phi) is 8.23. The van der Waals surface area contributed by atoms with Gasteiger partial charge in [-0.3, -0.25) is 9.59 Å². The second-order valence-corrected chi connectivity index (χ2v) is 8.69. The zero-order chi connectivity index (χ0) is 24.7. The van der Waals surface area contributed by atoms with Crippen LogP contribution in [0.2, 0.25) is 0 Å². The minimum atomic E-state index is -0.530. The van der Waals surface area contributed by atoms with Crippen molar-refractivity contribution in [3.05, 3.63) is 93.0 Å². The molecule has 0 saturated carbocycles. The number of rotatable bonds is 7. The van der Waals surface area contributed by atoms with E-state index in [0.717, 1.165) is 21.2 Å². The first-order chi connectivity index (χ1) is 16.3. The molecule has 0 atom stereocenters. The highest BCUT2D eigenvalue weighted by Crippen LogP contribution is 2.26. The van der Waals surface area contributed by atoms with Gasteiger partial charge in [-0.25, -0.2) is 0 Å². The number of benzene rings is 3. The molecule has 0 saturated heterocycles. The number of nitrogens with zero attached hydrogens (tertiary/aromatic N) is 1. The predicted octanol–water partition coefficient (Wildman–Crippen LogP) is 5.94. The minimum absolute atomic E-state index is 0.0905. The van der Waals surface area contributed by atoms with E-state index in [4.69, 9.17) is 4.74 Å². The fourth-order valence-electron chi connectivity index (χ4n) is 3.25. The van der Waals surface area contributed by atoms with Crippen LogP contribution in [0.1, 0.15) is 22.3 Å². The topological polar surface area (TPSA) is 91.2 Å². The van der Waals surface area contributed by atoms with Gasteiger partial charge < -0.3 is 15.4 Å². The van der Waals surface area contributed by atoms with Gasteiger partial charge in [0.1, 0.15) is 17.4 Å². The van der Waals surface area contributed by atoms with Gasteiger partial charge in [0, 0.05) is 21.4 Å². The molecule has 0 aliphatic carbocycles. The van der Waals surface area contributed by atoms with Crippen molar-refractivity contribution in [2.75, 3.05) is 17.2 Å². The molecule has 2 N–H and O–H groups in total. The molecule has 0 aliphatic heterocycles. The molecule has 7 heteroatoms. The van der Waals surface area contributed by atoms with Crippen LogP contribution in [0.5, 0.6) is 5.75 Å². The highest BCUT2D eigenvalue weighted by atomic mass is 79.9. The summed E-state index contributed by atoms with van der Waals surface area (Å²) in [4.78, 5) is 25.1. The number of halogens is 1. The third-order valence-electron chi connectivity index (χ3n) is 5.04. The SMILES string of the molecule is Cc1ccc(NC(=O)/C(C#N)=C/c2cc(Br)ccc2OCC(=O)Nc2ccccc2C)c(C)c1. The molecular formula is C27H24BrN3O3. The Bertz CT molecular complexity index is 1310. The Labute approximate surface area is 207 Å². The number of anilines is 2. The van der Waals surface area contributed by atoms with Crippen LogP contribution in [0.4, 0.5) is 11.4 Å². The van der Waals surface area contributed by atoms with E-state index in [1.807, 2.05) is 63.2 Å². The largest absolute Gasteiger partial charge is 0.483 e. The molecule has 0 aromatic heterocycles. The number of nitriles is 1. The predicted molar refractivity (Wildman–Crippen MR) is 138 cm³/mol. The molecule has 3 aromatic rings. The van der Waals surface area contributed by atoms with Crippen molar-refractivity contribution in [3.8, 4) is 11.8 Å². The first-order valence-corrected chi connectivity index (χ1v) is 11.3. The van der Waals surface area contributed by atoms with Crippen LogP contribution >= 0.6 is 15.9 Å². The van der Waals surface area contributed by atoms with Crippen LogP contribution in [0, 0.1) is 32.1 Å². The third-order valence-corrected chi connectivity index (χ3v) is 5.54. The first kappa shape index (κ1) is 24.7. The lowest BCUT2D eigenvalue weighted by atomic mass is 10.1. The number of amides is 2. The quantitative estimate of drug-likeness (QED) is 0.299. The zero-order valence-corrected chi connectivity index (χ0v) is 20.7. The van der Waals surface area contributed by atoms with E-state index in [0.29, 0.717) is 22.7 Å². The second kappa shape index (κ2) is 11.3. The summed E-state index contributed by atoms with van der Waals surface area (Å²) in [7, 11) is 0. The van der Waals surface area contributed by atoms with Crippen molar-refractivity contribution >= 4 is 45.2 Å². The molecule has 0 fully saturated rings. The van der Waals surface area contributed by atoms with Gasteiger partial charge in [-0.05, 0) is 68.3 Å². The lowest BCUT2D eigenvalue weighted by molar-refractivity contribution is -0.118. The molecule has 0 heterocycles. The molecule has 3 aromatic carbocycles. The van der Waals surface area contributed by atoms with Gasteiger partial charge in [-0.15, -0.1) is 0 Å². The molecule has 172 valence electrons. The van der Waals surface area contributed by atoms with Crippen molar-refractivity contribution in [3.63, 3.8) is 0 Å². The van der Waals surface area contributed by atoms with Crippen LogP contribution in [0.15, 0.2) is 70.7 Å². The van der Waals surface area contributed by atoms with Gasteiger partial charge >= 0.3 is 0 Å². The maximum Gasteiger partial charge on any atom is 0.266 e. The molecule has 0 radical (unpaired) electrons. The van der Waals surface area contributed by atoms with E-state index < -0.39 is 5.91 Å². The Hall–Kier alpha value is -3.89. The minimum Gasteiger partial charge on any atom is -0.483 e. The summed E-state index contributed by atoms with van der Waals surface area (Å²) in [6.45, 7) is 5.53. The summed E-state index contributed by atoms with van der Waals surface area (Å²) in [5.41, 5.74) is 4.66. The number of nitrogens with one attached hydrogen (secondary N) is 2. The number of carbonyl (C=O) groups is 2. The summed E-state index contributed by atoms with van der Waals surface area (Å²) in [5.74, 6) is -0.479.